The van der Waals surface area contributed by atoms with Gasteiger partial charge in [-0.05, 0) is 68.4 Å². The van der Waals surface area contributed by atoms with Gasteiger partial charge in [0.15, 0.2) is 0 Å². The molecule has 2 N–H and O–H groups in total. The predicted molar refractivity (Wildman–Crippen MR) is 113 cm³/mol. The van der Waals surface area contributed by atoms with Crippen LogP contribution in [0.25, 0.3) is 0 Å². The summed E-state index contributed by atoms with van der Waals surface area (Å²) in [5, 5.41) is 12.0. The molecule has 0 aromatic heterocycles. The molecule has 0 saturated carbocycles. The van der Waals surface area contributed by atoms with Crippen LogP contribution in [0.4, 0.5) is 17.6 Å². The molecular formula is C24H25F4NO4. The quantitative estimate of drug-likeness (QED) is 0.543. The third-order valence-corrected chi connectivity index (χ3v) is 6.05. The van der Waals surface area contributed by atoms with Crippen molar-refractivity contribution >= 4 is 11.9 Å². The predicted octanol–water partition coefficient (Wildman–Crippen LogP) is 5.29. The summed E-state index contributed by atoms with van der Waals surface area (Å²) >= 11 is 0. The minimum absolute atomic E-state index is 0.0910. The molecule has 1 aliphatic carbocycles. The van der Waals surface area contributed by atoms with Crippen molar-refractivity contribution in [1.29, 1.82) is 0 Å². The Kier molecular flexibility index (Phi) is 7.00. The van der Waals surface area contributed by atoms with Gasteiger partial charge in [0.1, 0.15) is 23.7 Å². The van der Waals surface area contributed by atoms with Crippen LogP contribution in [0.5, 0.6) is 5.75 Å². The normalized spacial score (nSPS) is 15.3. The number of amides is 1. The monoisotopic (exact) mass is 467 g/mol. The molecule has 2 aromatic carbocycles. The maximum absolute atomic E-state index is 14.3. The van der Waals surface area contributed by atoms with Gasteiger partial charge in [-0.3, -0.25) is 4.79 Å². The number of carboxylic acids is 1. The van der Waals surface area contributed by atoms with Gasteiger partial charge in [-0.25, -0.2) is 9.18 Å². The Hall–Kier alpha value is -3.10. The van der Waals surface area contributed by atoms with E-state index in [1.165, 1.54) is 13.0 Å². The van der Waals surface area contributed by atoms with E-state index in [2.05, 4.69) is 5.32 Å². The van der Waals surface area contributed by atoms with Crippen LogP contribution in [-0.4, -0.2) is 22.5 Å². The van der Waals surface area contributed by atoms with Crippen molar-refractivity contribution in [3.05, 3.63) is 64.0 Å². The van der Waals surface area contributed by atoms with Gasteiger partial charge >= 0.3 is 12.1 Å². The van der Waals surface area contributed by atoms with E-state index in [1.54, 1.807) is 13.0 Å². The molecule has 0 heterocycles. The van der Waals surface area contributed by atoms with Crippen LogP contribution in [0.1, 0.15) is 65.7 Å². The minimum atomic E-state index is -4.67. The van der Waals surface area contributed by atoms with Crippen molar-refractivity contribution in [3.8, 4) is 5.75 Å². The molecule has 0 spiro atoms. The van der Waals surface area contributed by atoms with Crippen molar-refractivity contribution in [2.75, 3.05) is 0 Å². The van der Waals surface area contributed by atoms with Gasteiger partial charge in [0.05, 0.1) is 11.1 Å². The summed E-state index contributed by atoms with van der Waals surface area (Å²) < 4.78 is 58.6. The molecule has 1 atom stereocenters. The van der Waals surface area contributed by atoms with E-state index in [0.29, 0.717) is 12.5 Å². The van der Waals surface area contributed by atoms with E-state index in [0.717, 1.165) is 42.5 Å². The molecule has 3 rings (SSSR count). The average Bonchev–Trinajstić information content (AvgIpc) is 2.76. The zero-order valence-electron chi connectivity index (χ0n) is 18.3. The van der Waals surface area contributed by atoms with Crippen molar-refractivity contribution in [1.82, 2.24) is 5.32 Å². The standard InChI is InChI=1S/C24H25F4NO4/c1-3-23(2,22(31)32)29-21(30)18-11-9-14-6-4-5-7-17(14)20(18)33-13-15-8-10-16(12-19(15)25)24(26,27)28/h8-12H,3-7,13H2,1-2H3,(H,29,30)(H,31,32). The lowest BCUT2D eigenvalue weighted by Gasteiger charge is -2.27. The molecule has 0 saturated heterocycles. The molecule has 0 fully saturated rings. The summed E-state index contributed by atoms with van der Waals surface area (Å²) in [7, 11) is 0. The average molecular weight is 467 g/mol. The van der Waals surface area contributed by atoms with Crippen LogP contribution in [0.3, 0.4) is 0 Å². The molecular weight excluding hydrogens is 442 g/mol. The van der Waals surface area contributed by atoms with Crippen LogP contribution in [-0.2, 0) is 30.4 Å². The highest BCUT2D eigenvalue weighted by Crippen LogP contribution is 2.35. The van der Waals surface area contributed by atoms with Gasteiger partial charge in [0, 0.05) is 5.56 Å². The topological polar surface area (TPSA) is 75.6 Å². The molecule has 1 aliphatic rings. The van der Waals surface area contributed by atoms with Crippen LogP contribution in [0.15, 0.2) is 30.3 Å². The van der Waals surface area contributed by atoms with Crippen molar-refractivity contribution in [3.63, 3.8) is 0 Å². The number of carbonyl (C=O) groups is 2. The summed E-state index contributed by atoms with van der Waals surface area (Å²) in [5.41, 5.74) is -0.847. The van der Waals surface area contributed by atoms with Gasteiger partial charge in [0.25, 0.3) is 5.91 Å². The zero-order chi connectivity index (χ0) is 24.4. The molecule has 1 amide bonds. The first-order chi connectivity index (χ1) is 15.5. The maximum atomic E-state index is 14.3. The third-order valence-electron chi connectivity index (χ3n) is 6.05. The third kappa shape index (κ3) is 5.29. The Morgan fingerprint density at radius 2 is 1.82 bits per heavy atom. The van der Waals surface area contributed by atoms with Gasteiger partial charge in [0.2, 0.25) is 0 Å². The van der Waals surface area contributed by atoms with E-state index in [1.807, 2.05) is 0 Å². The number of aliphatic carboxylic acids is 1. The minimum Gasteiger partial charge on any atom is -0.488 e. The number of aryl methyl sites for hydroxylation is 1. The summed E-state index contributed by atoms with van der Waals surface area (Å²) in [6.07, 6.45) is -1.33. The van der Waals surface area contributed by atoms with Gasteiger partial charge in [-0.15, -0.1) is 0 Å². The van der Waals surface area contributed by atoms with Crippen LogP contribution in [0.2, 0.25) is 0 Å². The number of fused-ring (bicyclic) bond motifs is 1. The number of nitrogens with one attached hydrogen (secondary N) is 1. The summed E-state index contributed by atoms with van der Waals surface area (Å²) in [5.74, 6) is -2.71. The van der Waals surface area contributed by atoms with Gasteiger partial charge < -0.3 is 15.2 Å². The fourth-order valence-electron chi connectivity index (χ4n) is 3.74. The Balaban J connectivity index is 1.94. The van der Waals surface area contributed by atoms with E-state index in [9.17, 15) is 32.3 Å². The maximum Gasteiger partial charge on any atom is 0.416 e. The number of carbonyl (C=O) groups excluding carboxylic acids is 1. The summed E-state index contributed by atoms with van der Waals surface area (Å²) in [6, 6.07) is 5.52. The van der Waals surface area contributed by atoms with Crippen LogP contribution >= 0.6 is 0 Å². The van der Waals surface area contributed by atoms with Crippen LogP contribution in [0, 0.1) is 5.82 Å². The van der Waals surface area contributed by atoms with E-state index < -0.39 is 35.0 Å². The smallest absolute Gasteiger partial charge is 0.416 e. The van der Waals surface area contributed by atoms with Crippen molar-refractivity contribution in [2.45, 2.75) is 64.3 Å². The van der Waals surface area contributed by atoms with Gasteiger partial charge in [-0.1, -0.05) is 19.1 Å². The van der Waals surface area contributed by atoms with Crippen LogP contribution < -0.4 is 10.1 Å². The second-order valence-electron chi connectivity index (χ2n) is 8.32. The van der Waals surface area contributed by atoms with Gasteiger partial charge in [-0.2, -0.15) is 13.2 Å². The SMILES string of the molecule is CCC(C)(NC(=O)c1ccc2c(c1OCc1ccc(C(F)(F)F)cc1F)CCCC2)C(=O)O. The molecule has 2 aromatic rings. The molecule has 9 heteroatoms. The molecule has 0 radical (unpaired) electrons. The Labute approximate surface area is 188 Å². The van der Waals surface area contributed by atoms with E-state index in [4.69, 9.17) is 4.74 Å². The highest BCUT2D eigenvalue weighted by molar-refractivity contribution is 6.00. The Morgan fingerprint density at radius 3 is 2.42 bits per heavy atom. The molecule has 1 unspecified atom stereocenters. The Morgan fingerprint density at radius 1 is 1.12 bits per heavy atom. The number of rotatable bonds is 7. The summed E-state index contributed by atoms with van der Waals surface area (Å²) in [6.45, 7) is 2.64. The fourth-order valence-corrected chi connectivity index (χ4v) is 3.74. The largest absolute Gasteiger partial charge is 0.488 e. The highest BCUT2D eigenvalue weighted by Gasteiger charge is 2.35. The Bertz CT molecular complexity index is 1070. The first kappa shape index (κ1) is 24.5. The first-order valence-corrected chi connectivity index (χ1v) is 10.7. The molecule has 0 aliphatic heterocycles. The lowest BCUT2D eigenvalue weighted by atomic mass is 9.88. The molecule has 0 bridgehead atoms. The molecule has 5 nitrogen and oxygen atoms in total. The number of halogens is 4. The second-order valence-corrected chi connectivity index (χ2v) is 8.32. The molecule has 33 heavy (non-hydrogen) atoms. The van der Waals surface area contributed by atoms with E-state index in [-0.39, 0.29) is 29.9 Å². The van der Waals surface area contributed by atoms with E-state index >= 15 is 0 Å². The summed E-state index contributed by atoms with van der Waals surface area (Å²) in [4.78, 5) is 24.6. The fraction of sp³-hybridized carbons (Fsp3) is 0.417. The highest BCUT2D eigenvalue weighted by atomic mass is 19.4. The number of hydrogen-bond donors (Lipinski definition) is 2. The number of alkyl halides is 3. The number of benzene rings is 2. The second kappa shape index (κ2) is 9.41. The lowest BCUT2D eigenvalue weighted by Crippen LogP contribution is -2.51. The number of hydrogen-bond acceptors (Lipinski definition) is 3. The van der Waals surface area contributed by atoms with Crippen molar-refractivity contribution < 1.29 is 37.0 Å². The van der Waals surface area contributed by atoms with Crippen molar-refractivity contribution in [2.24, 2.45) is 0 Å². The first-order valence-electron chi connectivity index (χ1n) is 10.7. The number of ether oxygens (including phenoxy) is 1. The number of carboxylic acid groups (broad SMARTS) is 1. The zero-order valence-corrected chi connectivity index (χ0v) is 18.3. The molecule has 178 valence electrons. The lowest BCUT2D eigenvalue weighted by molar-refractivity contribution is -0.144.